The number of benzene rings is 2. The fraction of sp³-hybridized carbons (Fsp3) is 0.610. The van der Waals surface area contributed by atoms with Crippen molar-refractivity contribution in [3.8, 4) is 0 Å². The molecule has 0 aromatic heterocycles. The Balaban J connectivity index is 0.000000370. The fourth-order valence-electron chi connectivity index (χ4n) is 5.97. The monoisotopic (exact) mass is 746 g/mol. The van der Waals surface area contributed by atoms with Gasteiger partial charge in [-0.1, -0.05) is 140 Å². The van der Waals surface area contributed by atoms with Crippen LogP contribution in [0, 0.1) is 5.92 Å². The number of likely N-dealkylation sites (tertiary alicyclic amines) is 1. The molecule has 51 heavy (non-hydrogen) atoms. The molecule has 1 atom stereocenters. The number of nitrogens with zero attached hydrogens (tertiary/aromatic N) is 2. The van der Waals surface area contributed by atoms with Crippen LogP contribution in [0.5, 0.6) is 0 Å². The molecular formula is C41H64Cl2N4O4. The van der Waals surface area contributed by atoms with E-state index >= 15 is 0 Å². The number of ketones is 1. The van der Waals surface area contributed by atoms with Crippen LogP contribution in [0.1, 0.15) is 135 Å². The summed E-state index contributed by atoms with van der Waals surface area (Å²) in [6, 6.07) is 12.3. The lowest BCUT2D eigenvalue weighted by molar-refractivity contribution is -0.120. The van der Waals surface area contributed by atoms with Gasteiger partial charge in [0.05, 0.1) is 21.7 Å². The van der Waals surface area contributed by atoms with Gasteiger partial charge in [-0.3, -0.25) is 9.59 Å². The average Bonchev–Trinajstić information content (AvgIpc) is 3.10. The number of halogens is 2. The van der Waals surface area contributed by atoms with Crippen molar-refractivity contribution < 1.29 is 19.2 Å². The molecule has 1 saturated heterocycles. The summed E-state index contributed by atoms with van der Waals surface area (Å²) < 4.78 is 0. The quantitative estimate of drug-likeness (QED) is 0.148. The standard InChI is InChI=1S/C14H19N3O.C12H11Cl2NO3.C8H18.C7H16/c1-16-8-6-12(7-9-16)17-10-11-4-2-3-5-13(11)15-14(17)18;1-7(17)10(5-6-16)15-12(18)8-3-2-4-9(13)11(8)14;1-4-6-8(3)7-5-2;1-3-5-7-6-4-2/h2-5,12H,6-10H2,1H3,(H,15,18);2-4,6,10H,5H2,1H3,(H,15,18);8H,4-7H2,1-3H3;3-7H2,1-2H3. The highest BCUT2D eigenvalue weighted by atomic mass is 35.5. The molecule has 1 fully saturated rings. The zero-order valence-corrected chi connectivity index (χ0v) is 33.8. The van der Waals surface area contributed by atoms with Crippen LogP contribution in [0.4, 0.5) is 10.5 Å². The van der Waals surface area contributed by atoms with Gasteiger partial charge in [0.15, 0.2) is 5.78 Å². The lowest BCUT2D eigenvalue weighted by atomic mass is 10.0. The summed E-state index contributed by atoms with van der Waals surface area (Å²) in [5.41, 5.74) is 2.35. The largest absolute Gasteiger partial charge is 0.342 e. The van der Waals surface area contributed by atoms with E-state index in [1.807, 2.05) is 23.1 Å². The number of hydrogen-bond donors (Lipinski definition) is 2. The predicted molar refractivity (Wildman–Crippen MR) is 214 cm³/mol. The molecule has 286 valence electrons. The van der Waals surface area contributed by atoms with Crippen molar-refractivity contribution in [3.63, 3.8) is 0 Å². The van der Waals surface area contributed by atoms with Crippen molar-refractivity contribution in [1.82, 2.24) is 15.1 Å². The second-order valence-electron chi connectivity index (χ2n) is 13.6. The Bertz CT molecular complexity index is 1310. The zero-order chi connectivity index (χ0) is 38.2. The molecule has 1 unspecified atom stereocenters. The van der Waals surface area contributed by atoms with Crippen molar-refractivity contribution in [2.45, 2.75) is 137 Å². The highest BCUT2D eigenvalue weighted by Crippen LogP contribution is 2.27. The zero-order valence-electron chi connectivity index (χ0n) is 32.2. The molecule has 2 aromatic rings. The van der Waals surface area contributed by atoms with Gasteiger partial charge in [0.25, 0.3) is 5.91 Å². The second kappa shape index (κ2) is 26.8. The first-order chi connectivity index (χ1) is 24.4. The first kappa shape index (κ1) is 46.1. The summed E-state index contributed by atoms with van der Waals surface area (Å²) in [7, 11) is 2.14. The number of hydrogen-bond acceptors (Lipinski definition) is 5. The number of urea groups is 1. The van der Waals surface area contributed by atoms with Gasteiger partial charge in [0.1, 0.15) is 6.29 Å². The molecule has 3 amide bonds. The number of rotatable bonds is 14. The number of nitrogens with one attached hydrogen (secondary N) is 2. The van der Waals surface area contributed by atoms with E-state index in [0.717, 1.165) is 44.1 Å². The lowest BCUT2D eigenvalue weighted by Gasteiger charge is -2.39. The highest BCUT2D eigenvalue weighted by molar-refractivity contribution is 6.43. The maximum atomic E-state index is 12.1. The third-order valence-corrected chi connectivity index (χ3v) is 9.90. The summed E-state index contributed by atoms with van der Waals surface area (Å²) in [6.07, 6.45) is 15.2. The number of fused-ring (bicyclic) bond motifs is 1. The van der Waals surface area contributed by atoms with Gasteiger partial charge in [-0.05, 0) is 69.6 Å². The Labute approximate surface area is 318 Å². The number of carbonyl (C=O) groups is 4. The summed E-state index contributed by atoms with van der Waals surface area (Å²) in [5.74, 6) is 0.128. The average molecular weight is 748 g/mol. The van der Waals surface area contributed by atoms with E-state index in [1.165, 1.54) is 76.3 Å². The summed E-state index contributed by atoms with van der Waals surface area (Å²) >= 11 is 11.7. The number of para-hydroxylation sites is 1. The number of anilines is 1. The molecule has 8 nitrogen and oxygen atoms in total. The van der Waals surface area contributed by atoms with E-state index in [0.29, 0.717) is 12.3 Å². The van der Waals surface area contributed by atoms with E-state index in [2.05, 4.69) is 63.3 Å². The number of amides is 3. The Kier molecular flexibility index (Phi) is 24.2. The molecular weight excluding hydrogens is 683 g/mol. The van der Waals surface area contributed by atoms with Gasteiger partial charge >= 0.3 is 6.03 Å². The number of carbonyl (C=O) groups excluding carboxylic acids is 4. The van der Waals surface area contributed by atoms with Crippen molar-refractivity contribution in [2.75, 3.05) is 25.5 Å². The Morgan fingerprint density at radius 3 is 2.08 bits per heavy atom. The molecule has 4 rings (SSSR count). The molecule has 10 heteroatoms. The minimum absolute atomic E-state index is 0.0586. The maximum absolute atomic E-state index is 12.1. The van der Waals surface area contributed by atoms with E-state index < -0.39 is 11.9 Å². The molecule has 2 N–H and O–H groups in total. The van der Waals surface area contributed by atoms with Gasteiger partial charge in [0.2, 0.25) is 0 Å². The van der Waals surface area contributed by atoms with Crippen LogP contribution in [0.2, 0.25) is 10.0 Å². The van der Waals surface area contributed by atoms with Crippen molar-refractivity contribution in [1.29, 1.82) is 0 Å². The first-order valence-corrected chi connectivity index (χ1v) is 19.7. The predicted octanol–water partition coefficient (Wildman–Crippen LogP) is 10.6. The minimum Gasteiger partial charge on any atom is -0.342 e. The summed E-state index contributed by atoms with van der Waals surface area (Å²) in [6.45, 7) is 15.5. The Hall–Kier alpha value is -2.94. The Morgan fingerprint density at radius 2 is 1.53 bits per heavy atom. The third kappa shape index (κ3) is 17.9. The number of Topliss-reactive ketones (excluding diaryl/α,β-unsaturated/α-hetero) is 1. The molecule has 0 spiro atoms. The fourth-order valence-corrected chi connectivity index (χ4v) is 6.35. The van der Waals surface area contributed by atoms with Gasteiger partial charge < -0.3 is 25.2 Å². The normalized spacial score (nSPS) is 14.7. The third-order valence-electron chi connectivity index (χ3n) is 9.08. The second-order valence-corrected chi connectivity index (χ2v) is 14.4. The highest BCUT2D eigenvalue weighted by Gasteiger charge is 2.30. The Morgan fingerprint density at radius 1 is 0.922 bits per heavy atom. The van der Waals surface area contributed by atoms with Crippen molar-refractivity contribution >= 4 is 52.9 Å². The molecule has 2 aromatic carbocycles. The van der Waals surface area contributed by atoms with Crippen LogP contribution in [-0.4, -0.2) is 66.0 Å². The van der Waals surface area contributed by atoms with Crippen LogP contribution in [0.25, 0.3) is 0 Å². The molecule has 0 radical (unpaired) electrons. The lowest BCUT2D eigenvalue weighted by Crippen LogP contribution is -2.49. The van der Waals surface area contributed by atoms with Gasteiger partial charge in [-0.2, -0.15) is 0 Å². The van der Waals surface area contributed by atoms with Gasteiger partial charge in [-0.15, -0.1) is 0 Å². The topological polar surface area (TPSA) is 98.8 Å². The SMILES string of the molecule is CC(=O)C(CC=O)NC(=O)c1cccc(Cl)c1Cl.CCCC(C)CCC.CCCCCCC.CN1CCC(N2Cc3ccccc3NC2=O)CC1. The first-order valence-electron chi connectivity index (χ1n) is 19.0. The van der Waals surface area contributed by atoms with Crippen LogP contribution >= 0.6 is 23.2 Å². The maximum Gasteiger partial charge on any atom is 0.322 e. The molecule has 0 bridgehead atoms. The molecule has 0 aliphatic carbocycles. The van der Waals surface area contributed by atoms with Gasteiger partial charge in [-0.25, -0.2) is 4.79 Å². The molecule has 2 aliphatic rings. The molecule has 0 saturated carbocycles. The molecule has 2 aliphatic heterocycles. The van der Waals surface area contributed by atoms with E-state index in [4.69, 9.17) is 23.2 Å². The molecule has 2 heterocycles. The van der Waals surface area contributed by atoms with Crippen LogP contribution in [0.3, 0.4) is 0 Å². The number of piperidine rings is 1. The van der Waals surface area contributed by atoms with Crippen LogP contribution in [-0.2, 0) is 16.1 Å². The smallest absolute Gasteiger partial charge is 0.322 e. The number of unbranched alkanes of at least 4 members (excludes halogenated alkanes) is 4. The number of aldehydes is 1. The van der Waals surface area contributed by atoms with Gasteiger partial charge in [0, 0.05) is 24.7 Å². The van der Waals surface area contributed by atoms with Crippen LogP contribution < -0.4 is 10.6 Å². The van der Waals surface area contributed by atoms with E-state index in [1.54, 1.807) is 12.1 Å². The van der Waals surface area contributed by atoms with E-state index in [9.17, 15) is 19.2 Å². The van der Waals surface area contributed by atoms with Crippen molar-refractivity contribution in [2.24, 2.45) is 5.92 Å². The van der Waals surface area contributed by atoms with E-state index in [-0.39, 0.29) is 33.8 Å². The van der Waals surface area contributed by atoms with Crippen molar-refractivity contribution in [3.05, 3.63) is 63.6 Å². The summed E-state index contributed by atoms with van der Waals surface area (Å²) in [5, 5.41) is 5.80. The summed E-state index contributed by atoms with van der Waals surface area (Å²) in [4.78, 5) is 50.0. The minimum atomic E-state index is -0.843. The van der Waals surface area contributed by atoms with Crippen LogP contribution in [0.15, 0.2) is 42.5 Å².